The van der Waals surface area contributed by atoms with E-state index in [1.54, 1.807) is 31.1 Å². The van der Waals surface area contributed by atoms with Gasteiger partial charge in [-0.25, -0.2) is 0 Å². The Hall–Kier alpha value is -1.30. The number of hydrogen-bond acceptors (Lipinski definition) is 4. The second-order valence-corrected chi connectivity index (χ2v) is 5.73. The van der Waals surface area contributed by atoms with Gasteiger partial charge in [-0.1, -0.05) is 11.6 Å². The van der Waals surface area contributed by atoms with Gasteiger partial charge < -0.3 is 15.0 Å². The molecular weight excluding hydrogens is 290 g/mol. The fraction of sp³-hybridized carbons (Fsp3) is 0.533. The molecule has 1 unspecified atom stereocenters. The molecule has 1 heterocycles. The zero-order chi connectivity index (χ0) is 15.2. The summed E-state index contributed by atoms with van der Waals surface area (Å²) in [5.41, 5.74) is 0. The molecule has 21 heavy (non-hydrogen) atoms. The average molecular weight is 312 g/mol. The number of nitrogens with one attached hydrogen (secondary N) is 1. The number of likely N-dealkylation sites (N-methyl/N-ethyl adjacent to an activating group) is 1. The van der Waals surface area contributed by atoms with Gasteiger partial charge in [0, 0.05) is 45.3 Å². The smallest absolute Gasteiger partial charge is 0.240 e. The first-order valence-corrected chi connectivity index (χ1v) is 7.50. The van der Waals surface area contributed by atoms with Crippen LogP contribution in [0.4, 0.5) is 0 Å². The van der Waals surface area contributed by atoms with Crippen LogP contribution in [0.25, 0.3) is 0 Å². The number of ether oxygens (including phenoxy) is 1. The summed E-state index contributed by atoms with van der Waals surface area (Å²) in [6.07, 6.45) is 0. The predicted octanol–water partition coefficient (Wildman–Crippen LogP) is 1.08. The minimum atomic E-state index is -0.109. The highest BCUT2D eigenvalue weighted by Gasteiger charge is 2.29. The summed E-state index contributed by atoms with van der Waals surface area (Å²) in [6, 6.07) is 7.20. The van der Waals surface area contributed by atoms with Crippen LogP contribution in [-0.2, 0) is 4.79 Å². The van der Waals surface area contributed by atoms with Gasteiger partial charge in [0.15, 0.2) is 0 Å². The Morgan fingerprint density at radius 3 is 2.81 bits per heavy atom. The Kier molecular flexibility index (Phi) is 5.85. The van der Waals surface area contributed by atoms with Gasteiger partial charge in [0.05, 0.1) is 0 Å². The fourth-order valence-electron chi connectivity index (χ4n) is 2.37. The van der Waals surface area contributed by atoms with Gasteiger partial charge in [-0.2, -0.15) is 0 Å². The maximum atomic E-state index is 12.2. The van der Waals surface area contributed by atoms with Gasteiger partial charge >= 0.3 is 0 Å². The number of carbonyl (C=O) groups excluding carboxylic acids is 1. The predicted molar refractivity (Wildman–Crippen MR) is 83.9 cm³/mol. The molecule has 0 saturated carbocycles. The summed E-state index contributed by atoms with van der Waals surface area (Å²) in [7, 11) is 3.58. The second-order valence-electron chi connectivity index (χ2n) is 5.29. The Balaban J connectivity index is 1.85. The molecular formula is C15H22ClN3O2. The Morgan fingerprint density at radius 1 is 1.43 bits per heavy atom. The highest BCUT2D eigenvalue weighted by atomic mass is 35.5. The van der Waals surface area contributed by atoms with Crippen LogP contribution in [0.5, 0.6) is 5.75 Å². The zero-order valence-corrected chi connectivity index (χ0v) is 13.3. The van der Waals surface area contributed by atoms with E-state index in [1.807, 2.05) is 12.1 Å². The van der Waals surface area contributed by atoms with Crippen molar-refractivity contribution in [2.24, 2.45) is 0 Å². The lowest BCUT2D eigenvalue weighted by atomic mass is 10.1. The van der Waals surface area contributed by atoms with Crippen molar-refractivity contribution >= 4 is 17.5 Å². The van der Waals surface area contributed by atoms with Crippen molar-refractivity contribution in [2.75, 3.05) is 46.9 Å². The minimum Gasteiger partial charge on any atom is -0.492 e. The molecule has 1 N–H and O–H groups in total. The van der Waals surface area contributed by atoms with Gasteiger partial charge in [-0.15, -0.1) is 0 Å². The number of hydrogen-bond donors (Lipinski definition) is 1. The molecule has 1 aromatic rings. The van der Waals surface area contributed by atoms with E-state index in [9.17, 15) is 4.79 Å². The van der Waals surface area contributed by atoms with Crippen LogP contribution in [0.3, 0.4) is 0 Å². The maximum Gasteiger partial charge on any atom is 0.240 e. The molecule has 1 amide bonds. The summed E-state index contributed by atoms with van der Waals surface area (Å²) >= 11 is 5.84. The highest BCUT2D eigenvalue weighted by molar-refractivity contribution is 6.30. The largest absolute Gasteiger partial charge is 0.492 e. The van der Waals surface area contributed by atoms with Crippen LogP contribution in [0.1, 0.15) is 0 Å². The number of amides is 1. The summed E-state index contributed by atoms with van der Waals surface area (Å²) < 4.78 is 5.71. The molecule has 0 bridgehead atoms. The Morgan fingerprint density at radius 2 is 2.14 bits per heavy atom. The summed E-state index contributed by atoms with van der Waals surface area (Å²) in [4.78, 5) is 16.0. The number of halogens is 1. The number of benzene rings is 1. The van der Waals surface area contributed by atoms with Gasteiger partial charge in [0.1, 0.15) is 18.4 Å². The van der Waals surface area contributed by atoms with E-state index in [0.717, 1.165) is 25.4 Å². The molecule has 6 heteroatoms. The summed E-state index contributed by atoms with van der Waals surface area (Å²) in [5.74, 6) is 0.929. The summed E-state index contributed by atoms with van der Waals surface area (Å²) in [5, 5.41) is 3.97. The quantitative estimate of drug-likeness (QED) is 0.884. The number of carbonyl (C=O) groups is 1. The van der Waals surface area contributed by atoms with E-state index in [4.69, 9.17) is 16.3 Å². The van der Waals surface area contributed by atoms with E-state index < -0.39 is 0 Å². The maximum absolute atomic E-state index is 12.2. The molecule has 1 aliphatic rings. The van der Waals surface area contributed by atoms with Crippen molar-refractivity contribution in [2.45, 2.75) is 6.04 Å². The molecule has 1 aromatic carbocycles. The summed E-state index contributed by atoms with van der Waals surface area (Å²) in [6.45, 7) is 3.73. The van der Waals surface area contributed by atoms with Gasteiger partial charge in [0.25, 0.3) is 0 Å². The van der Waals surface area contributed by atoms with Crippen molar-refractivity contribution in [3.05, 3.63) is 29.3 Å². The van der Waals surface area contributed by atoms with Crippen LogP contribution < -0.4 is 10.1 Å². The molecule has 0 aliphatic carbocycles. The molecule has 0 radical (unpaired) electrons. The molecule has 1 atom stereocenters. The fourth-order valence-corrected chi connectivity index (χ4v) is 2.49. The lowest BCUT2D eigenvalue weighted by molar-refractivity contribution is -0.135. The topological polar surface area (TPSA) is 44.8 Å². The van der Waals surface area contributed by atoms with Crippen LogP contribution >= 0.6 is 11.6 Å². The standard InChI is InChI=1S/C15H22ClN3O2/c1-18(2)15(20)14-11-17-7-8-19(14)9-10-21-13-5-3-12(16)4-6-13/h3-6,14,17H,7-11H2,1-2H3. The van der Waals surface area contributed by atoms with Crippen molar-refractivity contribution in [3.63, 3.8) is 0 Å². The SMILES string of the molecule is CN(C)C(=O)C1CNCCN1CCOc1ccc(Cl)cc1. The third-order valence-corrected chi connectivity index (χ3v) is 3.79. The van der Waals surface area contributed by atoms with Crippen molar-refractivity contribution in [1.29, 1.82) is 0 Å². The van der Waals surface area contributed by atoms with Crippen LogP contribution in [0.15, 0.2) is 24.3 Å². The second kappa shape index (κ2) is 7.64. The molecule has 1 saturated heterocycles. The molecule has 116 valence electrons. The lowest BCUT2D eigenvalue weighted by Crippen LogP contribution is -2.58. The normalized spacial score (nSPS) is 19.3. The van der Waals surface area contributed by atoms with E-state index in [-0.39, 0.29) is 11.9 Å². The van der Waals surface area contributed by atoms with Crippen LogP contribution in [-0.4, -0.2) is 68.6 Å². The first kappa shape index (κ1) is 16.1. The molecule has 5 nitrogen and oxygen atoms in total. The van der Waals surface area contributed by atoms with Crippen molar-refractivity contribution in [3.8, 4) is 5.75 Å². The average Bonchev–Trinajstić information content (AvgIpc) is 2.49. The highest BCUT2D eigenvalue weighted by Crippen LogP contribution is 2.15. The van der Waals surface area contributed by atoms with E-state index in [2.05, 4.69) is 10.2 Å². The third kappa shape index (κ3) is 4.59. The molecule has 2 rings (SSSR count). The number of nitrogens with zero attached hydrogens (tertiary/aromatic N) is 2. The van der Waals surface area contributed by atoms with Gasteiger partial charge in [0.2, 0.25) is 5.91 Å². The number of rotatable bonds is 5. The molecule has 0 aromatic heterocycles. The van der Waals surface area contributed by atoms with E-state index in [0.29, 0.717) is 18.2 Å². The minimum absolute atomic E-state index is 0.109. The van der Waals surface area contributed by atoms with Gasteiger partial charge in [-0.3, -0.25) is 9.69 Å². The molecule has 1 fully saturated rings. The Bertz CT molecular complexity index is 464. The Labute approximate surface area is 130 Å². The van der Waals surface area contributed by atoms with E-state index in [1.165, 1.54) is 0 Å². The third-order valence-electron chi connectivity index (χ3n) is 3.54. The zero-order valence-electron chi connectivity index (χ0n) is 12.5. The van der Waals surface area contributed by atoms with E-state index >= 15 is 0 Å². The first-order chi connectivity index (χ1) is 10.1. The first-order valence-electron chi connectivity index (χ1n) is 7.12. The van der Waals surface area contributed by atoms with Gasteiger partial charge in [-0.05, 0) is 24.3 Å². The molecule has 1 aliphatic heterocycles. The monoisotopic (exact) mass is 311 g/mol. The van der Waals surface area contributed by atoms with Crippen molar-refractivity contribution in [1.82, 2.24) is 15.1 Å². The van der Waals surface area contributed by atoms with Crippen molar-refractivity contribution < 1.29 is 9.53 Å². The lowest BCUT2D eigenvalue weighted by Gasteiger charge is -2.36. The van der Waals surface area contributed by atoms with Crippen LogP contribution in [0.2, 0.25) is 5.02 Å². The molecule has 0 spiro atoms. The number of piperazine rings is 1. The van der Waals surface area contributed by atoms with Crippen LogP contribution in [0, 0.1) is 0 Å².